The van der Waals surface area contributed by atoms with Gasteiger partial charge in [0.1, 0.15) is 0 Å². The van der Waals surface area contributed by atoms with Crippen LogP contribution in [0.2, 0.25) is 0 Å². The quantitative estimate of drug-likeness (QED) is 0.501. The molecule has 4 rings (SSSR count). The Morgan fingerprint density at radius 2 is 1.97 bits per heavy atom. The van der Waals surface area contributed by atoms with Crippen molar-refractivity contribution < 1.29 is 24.2 Å². The average Bonchev–Trinajstić information content (AvgIpc) is 2.96. The Morgan fingerprint density at radius 3 is 2.65 bits per heavy atom. The Balaban J connectivity index is 1.60. The van der Waals surface area contributed by atoms with Gasteiger partial charge in [0.2, 0.25) is 0 Å². The molecule has 190 valence electrons. The zero-order valence-corrected chi connectivity index (χ0v) is 21.4. The molecule has 34 heavy (non-hydrogen) atoms. The lowest BCUT2D eigenvalue weighted by Crippen LogP contribution is -2.70. The van der Waals surface area contributed by atoms with E-state index in [0.717, 1.165) is 24.8 Å². The van der Waals surface area contributed by atoms with Crippen LogP contribution in [0.25, 0.3) is 0 Å². The van der Waals surface area contributed by atoms with Crippen molar-refractivity contribution in [3.05, 3.63) is 23.8 Å². The zero-order chi connectivity index (χ0) is 25.1. The Labute approximate surface area is 203 Å². The molecule has 0 aromatic rings. The van der Waals surface area contributed by atoms with Crippen LogP contribution in [0.15, 0.2) is 23.8 Å². The molecule has 4 aliphatic carbocycles. The van der Waals surface area contributed by atoms with Gasteiger partial charge in [-0.1, -0.05) is 52.2 Å². The number of unbranched alkanes of at least 4 members (excludes halogenated alkanes) is 1. The molecule has 0 bridgehead atoms. The standard InChI is InChI=1S/C28H42FNO4/c1-17(2)8-6-7-13-30-24(33)28(34)18(3)14-22-21-10-9-19-15-20(31)11-12-25(19,4)27(21,29)23(32)16-26(22,28)5/h11-12,15,17-18,21-23,32,34H,6-10,13-14,16H2,1-5H3,(H,30,33). The van der Waals surface area contributed by atoms with Crippen molar-refractivity contribution in [2.24, 2.45) is 34.5 Å². The smallest absolute Gasteiger partial charge is 0.252 e. The number of rotatable bonds is 6. The second kappa shape index (κ2) is 8.55. The lowest BCUT2D eigenvalue weighted by atomic mass is 9.44. The SMILES string of the molecule is CC(C)CCCCNC(=O)C1(O)C(C)CC2C3CCC4=CC(=O)C=CC4(C)C3(F)C(O)CC21C. The Morgan fingerprint density at radius 1 is 1.26 bits per heavy atom. The first-order valence-corrected chi connectivity index (χ1v) is 13.1. The van der Waals surface area contributed by atoms with E-state index >= 15 is 4.39 Å². The monoisotopic (exact) mass is 475 g/mol. The second-order valence-electron chi connectivity index (χ2n) is 12.3. The largest absolute Gasteiger partial charge is 0.390 e. The Kier molecular flexibility index (Phi) is 6.42. The van der Waals surface area contributed by atoms with Gasteiger partial charge in [0.15, 0.2) is 17.1 Å². The van der Waals surface area contributed by atoms with Crippen LogP contribution in [0, 0.1) is 34.5 Å². The molecule has 3 fully saturated rings. The third-order valence-corrected chi connectivity index (χ3v) is 10.1. The molecule has 8 unspecified atom stereocenters. The average molecular weight is 476 g/mol. The fraction of sp³-hybridized carbons (Fsp3) is 0.786. The predicted molar refractivity (Wildman–Crippen MR) is 130 cm³/mol. The highest BCUT2D eigenvalue weighted by molar-refractivity contribution is 6.01. The van der Waals surface area contributed by atoms with Crippen molar-refractivity contribution in [1.29, 1.82) is 0 Å². The fourth-order valence-electron chi connectivity index (χ4n) is 8.04. The van der Waals surface area contributed by atoms with Crippen LogP contribution in [0.4, 0.5) is 4.39 Å². The molecule has 0 heterocycles. The third kappa shape index (κ3) is 3.38. The van der Waals surface area contributed by atoms with Crippen LogP contribution in [0.1, 0.15) is 79.6 Å². The summed E-state index contributed by atoms with van der Waals surface area (Å²) in [7, 11) is 0. The summed E-state index contributed by atoms with van der Waals surface area (Å²) in [6, 6.07) is 0. The van der Waals surface area contributed by atoms with Gasteiger partial charge in [0.05, 0.1) is 6.10 Å². The molecule has 4 aliphatic rings. The summed E-state index contributed by atoms with van der Waals surface area (Å²) in [5.41, 5.74) is -4.86. The van der Waals surface area contributed by atoms with Gasteiger partial charge in [-0.2, -0.15) is 0 Å². The second-order valence-corrected chi connectivity index (χ2v) is 12.3. The number of allylic oxidation sites excluding steroid dienone is 4. The zero-order valence-electron chi connectivity index (χ0n) is 21.4. The molecule has 0 spiro atoms. The number of carbonyl (C=O) groups is 2. The summed E-state index contributed by atoms with van der Waals surface area (Å²) in [6.45, 7) is 10.4. The topological polar surface area (TPSA) is 86.6 Å². The van der Waals surface area contributed by atoms with Gasteiger partial charge < -0.3 is 15.5 Å². The van der Waals surface area contributed by atoms with Gasteiger partial charge in [-0.25, -0.2) is 4.39 Å². The molecular formula is C28H42FNO4. The highest BCUT2D eigenvalue weighted by Gasteiger charge is 2.75. The number of hydrogen-bond acceptors (Lipinski definition) is 4. The molecule has 0 radical (unpaired) electrons. The van der Waals surface area contributed by atoms with Crippen molar-refractivity contribution in [1.82, 2.24) is 5.32 Å². The van der Waals surface area contributed by atoms with Crippen molar-refractivity contribution in [2.75, 3.05) is 6.54 Å². The third-order valence-electron chi connectivity index (χ3n) is 10.1. The van der Waals surface area contributed by atoms with E-state index in [9.17, 15) is 19.8 Å². The van der Waals surface area contributed by atoms with E-state index in [0.29, 0.717) is 31.7 Å². The Hall–Kier alpha value is -1.53. The molecule has 3 N–H and O–H groups in total. The number of aliphatic hydroxyl groups excluding tert-OH is 1. The number of fused-ring (bicyclic) bond motifs is 5. The van der Waals surface area contributed by atoms with E-state index < -0.39 is 34.1 Å². The molecule has 0 aromatic carbocycles. The van der Waals surface area contributed by atoms with Crippen molar-refractivity contribution in [3.8, 4) is 0 Å². The number of aliphatic hydroxyl groups is 2. The van der Waals surface area contributed by atoms with E-state index in [2.05, 4.69) is 19.2 Å². The maximum absolute atomic E-state index is 17.2. The van der Waals surface area contributed by atoms with Gasteiger partial charge in [0, 0.05) is 23.3 Å². The van der Waals surface area contributed by atoms with Crippen LogP contribution in [-0.4, -0.2) is 45.8 Å². The van der Waals surface area contributed by atoms with Gasteiger partial charge in [-0.05, 0) is 68.9 Å². The number of nitrogens with one attached hydrogen (secondary N) is 1. The lowest BCUT2D eigenvalue weighted by Gasteiger charge is -2.62. The Bertz CT molecular complexity index is 914. The van der Waals surface area contributed by atoms with Crippen LogP contribution < -0.4 is 5.32 Å². The van der Waals surface area contributed by atoms with Crippen molar-refractivity contribution in [2.45, 2.75) is 96.9 Å². The molecule has 5 nitrogen and oxygen atoms in total. The van der Waals surface area contributed by atoms with E-state index in [4.69, 9.17) is 0 Å². The van der Waals surface area contributed by atoms with Crippen molar-refractivity contribution in [3.63, 3.8) is 0 Å². The highest BCUT2D eigenvalue weighted by atomic mass is 19.1. The molecule has 6 heteroatoms. The van der Waals surface area contributed by atoms with Crippen LogP contribution >= 0.6 is 0 Å². The van der Waals surface area contributed by atoms with E-state index in [1.165, 1.54) is 12.2 Å². The lowest BCUT2D eigenvalue weighted by molar-refractivity contribution is -0.219. The first-order valence-electron chi connectivity index (χ1n) is 13.1. The molecule has 8 atom stereocenters. The van der Waals surface area contributed by atoms with E-state index in [1.54, 1.807) is 13.0 Å². The van der Waals surface area contributed by atoms with Gasteiger partial charge in [-0.3, -0.25) is 9.59 Å². The van der Waals surface area contributed by atoms with Crippen LogP contribution in [-0.2, 0) is 9.59 Å². The summed E-state index contributed by atoms with van der Waals surface area (Å²) in [5.74, 6) is -1.00. The van der Waals surface area contributed by atoms with Crippen molar-refractivity contribution >= 4 is 11.7 Å². The molecule has 0 aliphatic heterocycles. The van der Waals surface area contributed by atoms with Gasteiger partial charge >= 0.3 is 0 Å². The van der Waals surface area contributed by atoms with Crippen LogP contribution in [0.5, 0.6) is 0 Å². The summed E-state index contributed by atoms with van der Waals surface area (Å²) in [5, 5.41) is 26.3. The summed E-state index contributed by atoms with van der Waals surface area (Å²) in [6.07, 6.45) is 7.81. The first-order chi connectivity index (χ1) is 15.8. The summed E-state index contributed by atoms with van der Waals surface area (Å²) >= 11 is 0. The number of alkyl halides is 1. The highest BCUT2D eigenvalue weighted by Crippen LogP contribution is 2.70. The van der Waals surface area contributed by atoms with Crippen LogP contribution in [0.3, 0.4) is 0 Å². The predicted octanol–water partition coefficient (Wildman–Crippen LogP) is 4.28. The first kappa shape index (κ1) is 25.6. The molecule has 0 aromatic heterocycles. The number of hydrogen-bond donors (Lipinski definition) is 3. The minimum Gasteiger partial charge on any atom is -0.390 e. The number of ketones is 1. The van der Waals surface area contributed by atoms with Gasteiger partial charge in [-0.15, -0.1) is 0 Å². The summed E-state index contributed by atoms with van der Waals surface area (Å²) < 4.78 is 17.2. The van der Waals surface area contributed by atoms with Gasteiger partial charge in [0.25, 0.3) is 5.91 Å². The molecule has 1 amide bonds. The minimum atomic E-state index is -1.95. The maximum atomic E-state index is 17.2. The molecule has 0 saturated heterocycles. The minimum absolute atomic E-state index is 0.0108. The fourth-order valence-corrected chi connectivity index (χ4v) is 8.04. The number of carbonyl (C=O) groups excluding carboxylic acids is 2. The molecular weight excluding hydrogens is 433 g/mol. The van der Waals surface area contributed by atoms with E-state index in [1.807, 2.05) is 13.8 Å². The number of amides is 1. The maximum Gasteiger partial charge on any atom is 0.252 e. The number of halogens is 1. The molecule has 3 saturated carbocycles. The summed E-state index contributed by atoms with van der Waals surface area (Å²) in [4.78, 5) is 25.4. The normalized spacial score (nSPS) is 45.4. The van der Waals surface area contributed by atoms with E-state index in [-0.39, 0.29) is 29.9 Å².